The molecule has 7 heteroatoms. The van der Waals surface area contributed by atoms with E-state index in [1.165, 1.54) is 11.1 Å². The molecular formula is C20H30N4O2S. The van der Waals surface area contributed by atoms with E-state index >= 15 is 0 Å². The molecule has 0 aliphatic carbocycles. The van der Waals surface area contributed by atoms with Gasteiger partial charge >= 0.3 is 0 Å². The first-order valence-electron chi connectivity index (χ1n) is 9.35. The van der Waals surface area contributed by atoms with Crippen molar-refractivity contribution in [2.24, 2.45) is 7.05 Å². The standard InChI is InChI=1S/C20H30N4O2S/c1-6-25-18-9-8-16(12-19(18)26-7-2)10-11-21-20(27)22-13-17-14(3)23-24(5)15(17)4/h8-9,12H,6-7,10-11,13H2,1-5H3,(H2,21,22,27). The van der Waals surface area contributed by atoms with Gasteiger partial charge in [-0.05, 0) is 64.0 Å². The van der Waals surface area contributed by atoms with Gasteiger partial charge in [-0.25, -0.2) is 0 Å². The Morgan fingerprint density at radius 2 is 1.81 bits per heavy atom. The van der Waals surface area contributed by atoms with Gasteiger partial charge in [0.05, 0.1) is 18.9 Å². The van der Waals surface area contributed by atoms with Crippen molar-refractivity contribution in [3.63, 3.8) is 0 Å². The van der Waals surface area contributed by atoms with Crippen LogP contribution in [0.15, 0.2) is 18.2 Å². The summed E-state index contributed by atoms with van der Waals surface area (Å²) in [6, 6.07) is 6.07. The number of nitrogens with zero attached hydrogens (tertiary/aromatic N) is 2. The molecular weight excluding hydrogens is 360 g/mol. The zero-order valence-corrected chi connectivity index (χ0v) is 17.7. The number of hydrogen-bond donors (Lipinski definition) is 2. The number of hydrogen-bond acceptors (Lipinski definition) is 4. The van der Waals surface area contributed by atoms with Crippen molar-refractivity contribution in [1.82, 2.24) is 20.4 Å². The molecule has 0 unspecified atom stereocenters. The second-order valence-electron chi connectivity index (χ2n) is 6.28. The van der Waals surface area contributed by atoms with E-state index in [0.717, 1.165) is 35.9 Å². The van der Waals surface area contributed by atoms with E-state index in [4.69, 9.17) is 21.7 Å². The normalized spacial score (nSPS) is 10.6. The zero-order valence-electron chi connectivity index (χ0n) is 16.9. The molecule has 0 radical (unpaired) electrons. The second-order valence-corrected chi connectivity index (χ2v) is 6.69. The molecule has 0 saturated heterocycles. The molecule has 0 aliphatic heterocycles. The highest BCUT2D eigenvalue weighted by atomic mass is 32.1. The summed E-state index contributed by atoms with van der Waals surface area (Å²) in [6.45, 7) is 10.7. The van der Waals surface area contributed by atoms with Crippen LogP contribution in [0.4, 0.5) is 0 Å². The van der Waals surface area contributed by atoms with Crippen LogP contribution < -0.4 is 20.1 Å². The number of aryl methyl sites for hydroxylation is 2. The minimum Gasteiger partial charge on any atom is -0.490 e. The van der Waals surface area contributed by atoms with Crippen molar-refractivity contribution in [2.75, 3.05) is 19.8 Å². The fourth-order valence-electron chi connectivity index (χ4n) is 2.88. The Hall–Kier alpha value is -2.28. The highest BCUT2D eigenvalue weighted by molar-refractivity contribution is 7.80. The van der Waals surface area contributed by atoms with Gasteiger partial charge in [-0.1, -0.05) is 6.07 Å². The Kier molecular flexibility index (Phi) is 7.91. The highest BCUT2D eigenvalue weighted by Crippen LogP contribution is 2.28. The smallest absolute Gasteiger partial charge is 0.166 e. The van der Waals surface area contributed by atoms with Crippen LogP contribution in [0.25, 0.3) is 0 Å². The van der Waals surface area contributed by atoms with Gasteiger partial charge in [0.25, 0.3) is 0 Å². The van der Waals surface area contributed by atoms with Gasteiger partial charge in [0, 0.05) is 31.4 Å². The summed E-state index contributed by atoms with van der Waals surface area (Å²) in [6.07, 6.45) is 0.846. The molecule has 0 bridgehead atoms. The van der Waals surface area contributed by atoms with Crippen molar-refractivity contribution in [3.8, 4) is 11.5 Å². The summed E-state index contributed by atoms with van der Waals surface area (Å²) in [5.41, 5.74) is 4.55. The van der Waals surface area contributed by atoms with Gasteiger partial charge in [0.2, 0.25) is 0 Å². The minimum atomic E-state index is 0.614. The predicted octanol–water partition coefficient (Wildman–Crippen LogP) is 3.04. The number of nitrogens with one attached hydrogen (secondary N) is 2. The van der Waals surface area contributed by atoms with E-state index in [2.05, 4.69) is 28.7 Å². The minimum absolute atomic E-state index is 0.614. The van der Waals surface area contributed by atoms with Gasteiger partial charge in [0.1, 0.15) is 0 Å². The molecule has 0 saturated carbocycles. The summed E-state index contributed by atoms with van der Waals surface area (Å²) < 4.78 is 13.2. The molecule has 0 fully saturated rings. The molecule has 0 atom stereocenters. The number of ether oxygens (including phenoxy) is 2. The third-order valence-corrected chi connectivity index (χ3v) is 4.68. The molecule has 1 aromatic carbocycles. The van der Waals surface area contributed by atoms with Crippen LogP contribution in [-0.2, 0) is 20.0 Å². The molecule has 0 aliphatic rings. The van der Waals surface area contributed by atoms with Crippen LogP contribution in [-0.4, -0.2) is 34.7 Å². The highest BCUT2D eigenvalue weighted by Gasteiger charge is 2.10. The summed E-state index contributed by atoms with van der Waals surface area (Å²) in [5.74, 6) is 1.58. The van der Waals surface area contributed by atoms with Gasteiger partial charge in [-0.15, -0.1) is 0 Å². The lowest BCUT2D eigenvalue weighted by molar-refractivity contribution is 0.287. The van der Waals surface area contributed by atoms with Crippen LogP contribution in [0.5, 0.6) is 11.5 Å². The molecule has 1 aromatic heterocycles. The lowest BCUT2D eigenvalue weighted by Crippen LogP contribution is -2.36. The Bertz CT molecular complexity index is 774. The molecule has 2 aromatic rings. The molecule has 2 rings (SSSR count). The number of thiocarbonyl (C=S) groups is 1. The van der Waals surface area contributed by atoms with Crippen molar-refractivity contribution in [3.05, 3.63) is 40.7 Å². The van der Waals surface area contributed by atoms with Gasteiger partial charge in [0.15, 0.2) is 16.6 Å². The SMILES string of the molecule is CCOc1ccc(CCNC(=S)NCc2c(C)nn(C)c2C)cc1OCC. The first-order chi connectivity index (χ1) is 13.0. The maximum Gasteiger partial charge on any atom is 0.166 e. The van der Waals surface area contributed by atoms with E-state index < -0.39 is 0 Å². The third kappa shape index (κ3) is 5.85. The molecule has 1 heterocycles. The van der Waals surface area contributed by atoms with Crippen LogP contribution in [0.2, 0.25) is 0 Å². The number of benzene rings is 1. The summed E-state index contributed by atoms with van der Waals surface area (Å²) in [7, 11) is 1.95. The van der Waals surface area contributed by atoms with E-state index in [9.17, 15) is 0 Å². The van der Waals surface area contributed by atoms with Crippen LogP contribution in [0.1, 0.15) is 36.4 Å². The molecule has 0 amide bonds. The monoisotopic (exact) mass is 390 g/mol. The molecule has 6 nitrogen and oxygen atoms in total. The summed E-state index contributed by atoms with van der Waals surface area (Å²) in [5, 5.41) is 11.6. The zero-order chi connectivity index (χ0) is 19.8. The predicted molar refractivity (Wildman–Crippen MR) is 113 cm³/mol. The van der Waals surface area contributed by atoms with Crippen molar-refractivity contribution in [2.45, 2.75) is 40.7 Å². The van der Waals surface area contributed by atoms with E-state index in [1.54, 1.807) is 0 Å². The van der Waals surface area contributed by atoms with Crippen LogP contribution >= 0.6 is 12.2 Å². The van der Waals surface area contributed by atoms with Crippen LogP contribution in [0.3, 0.4) is 0 Å². The van der Waals surface area contributed by atoms with Crippen LogP contribution in [0, 0.1) is 13.8 Å². The average molecular weight is 391 g/mol. The quantitative estimate of drug-likeness (QED) is 0.642. The first kappa shape index (κ1) is 21.0. The maximum absolute atomic E-state index is 5.68. The Balaban J connectivity index is 1.83. The second kappa shape index (κ2) is 10.2. The van der Waals surface area contributed by atoms with Crippen molar-refractivity contribution >= 4 is 17.3 Å². The topological polar surface area (TPSA) is 60.3 Å². The molecule has 27 heavy (non-hydrogen) atoms. The largest absolute Gasteiger partial charge is 0.490 e. The molecule has 148 valence electrons. The Labute approximate surface area is 167 Å². The summed E-state index contributed by atoms with van der Waals surface area (Å²) in [4.78, 5) is 0. The van der Waals surface area contributed by atoms with E-state index in [1.807, 2.05) is 44.6 Å². The summed E-state index contributed by atoms with van der Waals surface area (Å²) >= 11 is 5.39. The Morgan fingerprint density at radius 3 is 2.44 bits per heavy atom. The third-order valence-electron chi connectivity index (χ3n) is 4.39. The van der Waals surface area contributed by atoms with Gasteiger partial charge in [-0.3, -0.25) is 4.68 Å². The van der Waals surface area contributed by atoms with Gasteiger partial charge < -0.3 is 20.1 Å². The molecule has 2 N–H and O–H groups in total. The Morgan fingerprint density at radius 1 is 1.11 bits per heavy atom. The van der Waals surface area contributed by atoms with E-state index in [-0.39, 0.29) is 0 Å². The fourth-order valence-corrected chi connectivity index (χ4v) is 3.05. The number of aromatic nitrogens is 2. The van der Waals surface area contributed by atoms with Crippen molar-refractivity contribution in [1.29, 1.82) is 0 Å². The maximum atomic E-state index is 5.68. The lowest BCUT2D eigenvalue weighted by Gasteiger charge is -2.13. The molecule has 0 spiro atoms. The van der Waals surface area contributed by atoms with Crippen molar-refractivity contribution < 1.29 is 9.47 Å². The first-order valence-corrected chi connectivity index (χ1v) is 9.76. The lowest BCUT2D eigenvalue weighted by atomic mass is 10.1. The fraction of sp³-hybridized carbons (Fsp3) is 0.500. The van der Waals surface area contributed by atoms with Gasteiger partial charge in [-0.2, -0.15) is 5.10 Å². The van der Waals surface area contributed by atoms with E-state index in [0.29, 0.717) is 24.9 Å². The average Bonchev–Trinajstić information content (AvgIpc) is 2.87. The number of rotatable bonds is 9.